The Morgan fingerprint density at radius 3 is 2.73 bits per heavy atom. The van der Waals surface area contributed by atoms with Gasteiger partial charge in [-0.15, -0.1) is 0 Å². The first kappa shape index (κ1) is 22.0. The summed E-state index contributed by atoms with van der Waals surface area (Å²) in [5.41, 5.74) is 0.696. The van der Waals surface area contributed by atoms with E-state index in [9.17, 15) is 9.90 Å². The summed E-state index contributed by atoms with van der Waals surface area (Å²) in [5.74, 6) is 0.382. The van der Waals surface area contributed by atoms with Crippen LogP contribution in [0.2, 0.25) is 0 Å². The number of pyridine rings is 1. The van der Waals surface area contributed by atoms with Crippen LogP contribution in [0.25, 0.3) is 6.08 Å². The van der Waals surface area contributed by atoms with E-state index in [4.69, 9.17) is 14.6 Å². The molecule has 0 fully saturated rings. The van der Waals surface area contributed by atoms with Crippen molar-refractivity contribution in [3.63, 3.8) is 0 Å². The van der Waals surface area contributed by atoms with Gasteiger partial charge in [-0.3, -0.25) is 9.78 Å². The van der Waals surface area contributed by atoms with E-state index in [0.29, 0.717) is 30.2 Å². The molecule has 146 valence electrons. The molecule has 0 radical (unpaired) electrons. The summed E-state index contributed by atoms with van der Waals surface area (Å²) >= 11 is 0. The fourth-order valence-corrected chi connectivity index (χ4v) is 2.44. The second-order valence-electron chi connectivity index (χ2n) is 6.24. The minimum atomic E-state index is -0.768. The van der Waals surface area contributed by atoms with Crippen molar-refractivity contribution in [1.29, 1.82) is 0 Å². The van der Waals surface area contributed by atoms with E-state index in [1.165, 1.54) is 0 Å². The van der Waals surface area contributed by atoms with Crippen molar-refractivity contribution >= 4 is 12.0 Å². The number of aliphatic hydroxyl groups is 1. The number of hydrogen-bond donors (Lipinski definition) is 2. The van der Waals surface area contributed by atoms with E-state index < -0.39 is 12.1 Å². The Kier molecular flexibility index (Phi) is 11.1. The van der Waals surface area contributed by atoms with Crippen LogP contribution in [0.1, 0.15) is 64.0 Å². The van der Waals surface area contributed by atoms with Gasteiger partial charge >= 0.3 is 5.97 Å². The van der Waals surface area contributed by atoms with Gasteiger partial charge in [0.25, 0.3) is 0 Å². The summed E-state index contributed by atoms with van der Waals surface area (Å²) in [4.78, 5) is 14.8. The molecular weight excluding hydrogens is 334 g/mol. The first-order chi connectivity index (χ1) is 12.6. The molecule has 26 heavy (non-hydrogen) atoms. The molecule has 1 atom stereocenters. The van der Waals surface area contributed by atoms with Crippen molar-refractivity contribution in [2.24, 2.45) is 0 Å². The number of methoxy groups -OCH3 is 1. The minimum absolute atomic E-state index is 0.189. The third-order valence-corrected chi connectivity index (χ3v) is 3.96. The quantitative estimate of drug-likeness (QED) is 0.483. The molecule has 1 unspecified atom stereocenters. The van der Waals surface area contributed by atoms with Gasteiger partial charge in [0.2, 0.25) is 0 Å². The van der Waals surface area contributed by atoms with Crippen molar-refractivity contribution in [2.75, 3.05) is 13.7 Å². The Morgan fingerprint density at radius 1 is 1.23 bits per heavy atom. The van der Waals surface area contributed by atoms with Crippen LogP contribution in [-0.4, -0.2) is 41.0 Å². The zero-order valence-corrected chi connectivity index (χ0v) is 15.8. The zero-order chi connectivity index (χ0) is 19.2. The normalized spacial score (nSPS) is 12.3. The third-order valence-electron chi connectivity index (χ3n) is 3.96. The van der Waals surface area contributed by atoms with E-state index in [2.05, 4.69) is 11.9 Å². The maximum absolute atomic E-state index is 10.5. The highest BCUT2D eigenvalue weighted by atomic mass is 16.5. The van der Waals surface area contributed by atoms with E-state index in [-0.39, 0.29) is 6.42 Å². The predicted octanol–water partition coefficient (Wildman–Crippen LogP) is 4.07. The van der Waals surface area contributed by atoms with Gasteiger partial charge in [0, 0.05) is 12.5 Å². The van der Waals surface area contributed by atoms with Crippen LogP contribution >= 0.6 is 0 Å². The lowest BCUT2D eigenvalue weighted by Crippen LogP contribution is -2.02. The lowest BCUT2D eigenvalue weighted by molar-refractivity contribution is -0.137. The highest BCUT2D eigenvalue weighted by Crippen LogP contribution is 2.27. The van der Waals surface area contributed by atoms with Crippen LogP contribution in [0.15, 0.2) is 18.3 Å². The Hall–Kier alpha value is -2.08. The van der Waals surface area contributed by atoms with E-state index in [1.54, 1.807) is 31.5 Å². The molecular formula is C20H31NO5. The lowest BCUT2D eigenvalue weighted by Gasteiger charge is -2.11. The van der Waals surface area contributed by atoms with Crippen molar-refractivity contribution in [3.05, 3.63) is 24.0 Å². The van der Waals surface area contributed by atoms with Crippen molar-refractivity contribution in [2.45, 2.75) is 64.4 Å². The summed E-state index contributed by atoms with van der Waals surface area (Å²) in [5, 5.41) is 18.6. The Labute approximate surface area is 155 Å². The first-order valence-corrected chi connectivity index (χ1v) is 9.31. The van der Waals surface area contributed by atoms with Crippen LogP contribution in [0.5, 0.6) is 11.5 Å². The average Bonchev–Trinajstić information content (AvgIpc) is 2.63. The molecule has 1 aromatic rings. The Bertz CT molecular complexity index is 559. The number of rotatable bonds is 14. The SMILES string of the molecule is CCCCCC(O)/C=C/c1cc(OCCCCCC(=O)O)c(OC)cn1. The summed E-state index contributed by atoms with van der Waals surface area (Å²) in [6.45, 7) is 2.62. The number of aliphatic hydroxyl groups excluding tert-OH is 1. The van der Waals surface area contributed by atoms with Gasteiger partial charge in [0.1, 0.15) is 0 Å². The summed E-state index contributed by atoms with van der Waals surface area (Å²) in [7, 11) is 1.56. The maximum Gasteiger partial charge on any atom is 0.303 e. The standard InChI is InChI=1S/C20H31NO5/c1-3-4-6-9-17(22)12-11-16-14-18(19(25-2)15-21-16)26-13-8-5-7-10-20(23)24/h11-12,14-15,17,22H,3-10,13H2,1-2H3,(H,23,24)/b12-11+. The molecule has 1 heterocycles. The topological polar surface area (TPSA) is 88.9 Å². The molecule has 2 N–H and O–H groups in total. The van der Waals surface area contributed by atoms with Gasteiger partial charge in [0.05, 0.1) is 31.7 Å². The monoisotopic (exact) mass is 365 g/mol. The molecule has 1 aromatic heterocycles. The number of carbonyl (C=O) groups is 1. The molecule has 1 rings (SSSR count). The molecule has 0 aliphatic carbocycles. The summed E-state index contributed by atoms with van der Waals surface area (Å²) < 4.78 is 11.0. The second kappa shape index (κ2) is 13.2. The highest BCUT2D eigenvalue weighted by molar-refractivity contribution is 5.66. The fraction of sp³-hybridized carbons (Fsp3) is 0.600. The minimum Gasteiger partial charge on any atom is -0.491 e. The number of aliphatic carboxylic acids is 1. The fourth-order valence-electron chi connectivity index (χ4n) is 2.44. The summed E-state index contributed by atoms with van der Waals surface area (Å²) in [6, 6.07) is 1.78. The highest BCUT2D eigenvalue weighted by Gasteiger charge is 2.07. The average molecular weight is 365 g/mol. The Morgan fingerprint density at radius 2 is 2.04 bits per heavy atom. The molecule has 0 spiro atoms. The molecule has 6 heteroatoms. The van der Waals surface area contributed by atoms with E-state index >= 15 is 0 Å². The molecule has 0 amide bonds. The number of unbranched alkanes of at least 4 members (excludes halogenated alkanes) is 4. The van der Waals surface area contributed by atoms with Crippen LogP contribution in [0.3, 0.4) is 0 Å². The number of hydrogen-bond acceptors (Lipinski definition) is 5. The zero-order valence-electron chi connectivity index (χ0n) is 15.8. The van der Waals surface area contributed by atoms with Gasteiger partial charge in [-0.25, -0.2) is 0 Å². The molecule has 0 saturated carbocycles. The van der Waals surface area contributed by atoms with Gasteiger partial charge in [-0.2, -0.15) is 0 Å². The number of ether oxygens (including phenoxy) is 2. The molecule has 0 bridgehead atoms. The van der Waals surface area contributed by atoms with Gasteiger partial charge in [0.15, 0.2) is 11.5 Å². The van der Waals surface area contributed by atoms with Crippen LogP contribution < -0.4 is 9.47 Å². The number of nitrogens with zero attached hydrogens (tertiary/aromatic N) is 1. The third kappa shape index (κ3) is 9.42. The first-order valence-electron chi connectivity index (χ1n) is 9.31. The van der Waals surface area contributed by atoms with Crippen LogP contribution in [-0.2, 0) is 4.79 Å². The smallest absolute Gasteiger partial charge is 0.303 e. The van der Waals surface area contributed by atoms with Crippen LogP contribution in [0.4, 0.5) is 0 Å². The molecule has 0 saturated heterocycles. The molecule has 0 aliphatic rings. The van der Waals surface area contributed by atoms with Crippen molar-refractivity contribution < 1.29 is 24.5 Å². The van der Waals surface area contributed by atoms with E-state index in [0.717, 1.165) is 38.5 Å². The number of carboxylic acids is 1. The van der Waals surface area contributed by atoms with Gasteiger partial charge in [-0.05, 0) is 31.8 Å². The molecule has 0 aromatic carbocycles. The Balaban J connectivity index is 2.51. The molecule has 0 aliphatic heterocycles. The largest absolute Gasteiger partial charge is 0.491 e. The number of aromatic nitrogens is 1. The molecule has 6 nitrogen and oxygen atoms in total. The van der Waals surface area contributed by atoms with Crippen LogP contribution in [0, 0.1) is 0 Å². The van der Waals surface area contributed by atoms with Gasteiger partial charge < -0.3 is 19.7 Å². The van der Waals surface area contributed by atoms with E-state index in [1.807, 2.05) is 0 Å². The van der Waals surface area contributed by atoms with Crippen molar-refractivity contribution in [1.82, 2.24) is 4.98 Å². The van der Waals surface area contributed by atoms with Crippen molar-refractivity contribution in [3.8, 4) is 11.5 Å². The van der Waals surface area contributed by atoms with Gasteiger partial charge in [-0.1, -0.05) is 32.3 Å². The number of carboxylic acid groups (broad SMARTS) is 1. The summed E-state index contributed by atoms with van der Waals surface area (Å²) in [6.07, 6.45) is 11.1. The lowest BCUT2D eigenvalue weighted by atomic mass is 10.1. The predicted molar refractivity (Wildman–Crippen MR) is 102 cm³/mol. The second-order valence-corrected chi connectivity index (χ2v) is 6.24. The maximum atomic E-state index is 10.5.